The zero-order chi connectivity index (χ0) is 13.8. The highest BCUT2D eigenvalue weighted by molar-refractivity contribution is 6.01. The highest BCUT2D eigenvalue weighted by atomic mass is 19.1. The number of benzene rings is 2. The Kier molecular flexibility index (Phi) is 3.66. The summed E-state index contributed by atoms with van der Waals surface area (Å²) in [5, 5.41) is 11.9. The molecule has 0 heterocycles. The number of halogens is 1. The molecule has 2 N–H and O–H groups in total. The zero-order valence-corrected chi connectivity index (χ0v) is 10.3. The van der Waals surface area contributed by atoms with Crippen LogP contribution in [0.25, 0.3) is 0 Å². The van der Waals surface area contributed by atoms with Crippen LogP contribution >= 0.6 is 0 Å². The third-order valence-electron chi connectivity index (χ3n) is 2.60. The summed E-state index contributed by atoms with van der Waals surface area (Å²) in [6, 6.07) is 11.5. The Labute approximate surface area is 110 Å². The molecule has 98 valence electrons. The summed E-state index contributed by atoms with van der Waals surface area (Å²) in [6.45, 7) is 0. The summed E-state index contributed by atoms with van der Waals surface area (Å²) in [5.74, 6) is -0.347. The first-order chi connectivity index (χ1) is 9.06. The Morgan fingerprint density at radius 3 is 2.63 bits per heavy atom. The van der Waals surface area contributed by atoms with Crippen LogP contribution in [-0.4, -0.2) is 18.2 Å². The number of aromatic hydroxyl groups is 1. The van der Waals surface area contributed by atoms with E-state index in [2.05, 4.69) is 5.32 Å². The van der Waals surface area contributed by atoms with Gasteiger partial charge < -0.3 is 10.4 Å². The van der Waals surface area contributed by atoms with Gasteiger partial charge in [0.2, 0.25) is 0 Å². The normalized spacial score (nSPS) is 10.0. The van der Waals surface area contributed by atoms with Crippen LogP contribution in [0.3, 0.4) is 0 Å². The molecule has 0 saturated heterocycles. The molecule has 0 aliphatic rings. The molecule has 4 nitrogen and oxygen atoms in total. The van der Waals surface area contributed by atoms with Crippen LogP contribution in [0.4, 0.5) is 20.6 Å². The number of nitrogens with one attached hydrogen (secondary N) is 1. The molecule has 0 aliphatic heterocycles. The van der Waals surface area contributed by atoms with Gasteiger partial charge in [-0.2, -0.15) is 0 Å². The van der Waals surface area contributed by atoms with Crippen molar-refractivity contribution in [2.75, 3.05) is 17.3 Å². The SMILES string of the molecule is CN(C(=O)Nc1cccc(F)c1)c1cccc(O)c1. The van der Waals surface area contributed by atoms with E-state index in [-0.39, 0.29) is 5.75 Å². The minimum absolute atomic E-state index is 0.0721. The number of hydrogen-bond donors (Lipinski definition) is 2. The molecule has 2 amide bonds. The number of anilines is 2. The van der Waals surface area contributed by atoms with Crippen molar-refractivity contribution in [2.45, 2.75) is 0 Å². The Bertz CT molecular complexity index is 602. The first kappa shape index (κ1) is 12.9. The molecule has 0 fully saturated rings. The Morgan fingerprint density at radius 2 is 1.95 bits per heavy atom. The monoisotopic (exact) mass is 260 g/mol. The average molecular weight is 260 g/mol. The minimum Gasteiger partial charge on any atom is -0.508 e. The Hall–Kier alpha value is -2.56. The van der Waals surface area contributed by atoms with Crippen LogP contribution in [0.15, 0.2) is 48.5 Å². The van der Waals surface area contributed by atoms with Crippen molar-refractivity contribution in [3.05, 3.63) is 54.3 Å². The zero-order valence-electron chi connectivity index (χ0n) is 10.3. The van der Waals surface area contributed by atoms with Crippen molar-refractivity contribution >= 4 is 17.4 Å². The fraction of sp³-hybridized carbons (Fsp3) is 0.0714. The minimum atomic E-state index is -0.420. The largest absolute Gasteiger partial charge is 0.508 e. The van der Waals surface area contributed by atoms with E-state index in [0.29, 0.717) is 11.4 Å². The number of amides is 2. The summed E-state index contributed by atoms with van der Waals surface area (Å²) in [4.78, 5) is 13.3. The van der Waals surface area contributed by atoms with Crippen molar-refractivity contribution in [1.29, 1.82) is 0 Å². The van der Waals surface area contributed by atoms with E-state index in [1.54, 1.807) is 25.2 Å². The topological polar surface area (TPSA) is 52.6 Å². The van der Waals surface area contributed by atoms with Gasteiger partial charge in [0.05, 0.1) is 0 Å². The van der Waals surface area contributed by atoms with Gasteiger partial charge in [-0.3, -0.25) is 4.90 Å². The predicted molar refractivity (Wildman–Crippen MR) is 71.9 cm³/mol. The molecule has 5 heteroatoms. The van der Waals surface area contributed by atoms with Crippen molar-refractivity contribution < 1.29 is 14.3 Å². The van der Waals surface area contributed by atoms with Crippen molar-refractivity contribution in [1.82, 2.24) is 0 Å². The van der Waals surface area contributed by atoms with Crippen LogP contribution in [0.5, 0.6) is 5.75 Å². The van der Waals surface area contributed by atoms with Gasteiger partial charge in [-0.25, -0.2) is 9.18 Å². The van der Waals surface area contributed by atoms with Gasteiger partial charge in [0.25, 0.3) is 0 Å². The quantitative estimate of drug-likeness (QED) is 0.871. The molecule has 0 saturated carbocycles. The molecule has 2 aromatic rings. The number of phenolic OH excluding ortho intramolecular Hbond substituents is 1. The highest BCUT2D eigenvalue weighted by Gasteiger charge is 2.11. The molecular weight excluding hydrogens is 247 g/mol. The van der Waals surface area contributed by atoms with Crippen LogP contribution in [0.1, 0.15) is 0 Å². The summed E-state index contributed by atoms with van der Waals surface area (Å²) in [6.07, 6.45) is 0. The number of carbonyl (C=O) groups is 1. The number of carbonyl (C=O) groups excluding carboxylic acids is 1. The maximum Gasteiger partial charge on any atom is 0.326 e. The number of rotatable bonds is 2. The lowest BCUT2D eigenvalue weighted by atomic mass is 10.3. The van der Waals surface area contributed by atoms with Crippen LogP contribution in [0.2, 0.25) is 0 Å². The second-order valence-electron chi connectivity index (χ2n) is 4.02. The molecule has 0 spiro atoms. The molecule has 2 rings (SSSR count). The van der Waals surface area contributed by atoms with Crippen LogP contribution < -0.4 is 10.2 Å². The van der Waals surface area contributed by atoms with Gasteiger partial charge in [0, 0.05) is 24.5 Å². The molecule has 0 radical (unpaired) electrons. The predicted octanol–water partition coefficient (Wildman–Crippen LogP) is 3.20. The van der Waals surface area contributed by atoms with Gasteiger partial charge in [-0.05, 0) is 30.3 Å². The molecule has 0 bridgehead atoms. The van der Waals surface area contributed by atoms with E-state index in [1.807, 2.05) is 0 Å². The first-order valence-electron chi connectivity index (χ1n) is 5.65. The summed E-state index contributed by atoms with van der Waals surface area (Å²) in [7, 11) is 1.56. The standard InChI is InChI=1S/C14H13FN2O2/c1-17(12-6-3-7-13(18)9-12)14(19)16-11-5-2-4-10(15)8-11/h2-9,18H,1H3,(H,16,19). The Morgan fingerprint density at radius 1 is 1.21 bits per heavy atom. The molecule has 0 atom stereocenters. The fourth-order valence-electron chi connectivity index (χ4n) is 1.59. The molecule has 0 aliphatic carbocycles. The third-order valence-corrected chi connectivity index (χ3v) is 2.60. The van der Waals surface area contributed by atoms with Gasteiger partial charge >= 0.3 is 6.03 Å². The lowest BCUT2D eigenvalue weighted by Gasteiger charge is -2.18. The smallest absolute Gasteiger partial charge is 0.326 e. The van der Waals surface area contributed by atoms with E-state index in [4.69, 9.17) is 0 Å². The maximum atomic E-state index is 13.0. The number of urea groups is 1. The first-order valence-corrected chi connectivity index (χ1v) is 5.65. The van der Waals surface area contributed by atoms with E-state index >= 15 is 0 Å². The summed E-state index contributed by atoms with van der Waals surface area (Å²) in [5.41, 5.74) is 0.908. The highest BCUT2D eigenvalue weighted by Crippen LogP contribution is 2.20. The van der Waals surface area contributed by atoms with Crippen LogP contribution in [-0.2, 0) is 0 Å². The lowest BCUT2D eigenvalue weighted by molar-refractivity contribution is 0.258. The molecule has 0 unspecified atom stereocenters. The number of hydrogen-bond acceptors (Lipinski definition) is 2. The second-order valence-corrected chi connectivity index (χ2v) is 4.02. The summed E-state index contributed by atoms with van der Waals surface area (Å²) < 4.78 is 13.0. The van der Waals surface area contributed by atoms with Gasteiger partial charge in [0.1, 0.15) is 11.6 Å². The van der Waals surface area contributed by atoms with Crippen molar-refractivity contribution in [2.24, 2.45) is 0 Å². The van der Waals surface area contributed by atoms with E-state index in [0.717, 1.165) is 0 Å². The third kappa shape index (κ3) is 3.22. The second kappa shape index (κ2) is 5.39. The van der Waals surface area contributed by atoms with Gasteiger partial charge in [-0.15, -0.1) is 0 Å². The summed E-state index contributed by atoms with van der Waals surface area (Å²) >= 11 is 0. The van der Waals surface area contributed by atoms with Crippen molar-refractivity contribution in [3.63, 3.8) is 0 Å². The number of nitrogens with zero attached hydrogens (tertiary/aromatic N) is 1. The van der Waals surface area contributed by atoms with E-state index in [9.17, 15) is 14.3 Å². The average Bonchev–Trinajstić information content (AvgIpc) is 2.38. The molecule has 2 aromatic carbocycles. The molecule has 19 heavy (non-hydrogen) atoms. The van der Waals surface area contributed by atoms with E-state index in [1.165, 1.54) is 35.2 Å². The number of phenols is 1. The fourth-order valence-corrected chi connectivity index (χ4v) is 1.59. The lowest BCUT2D eigenvalue weighted by Crippen LogP contribution is -2.31. The van der Waals surface area contributed by atoms with Crippen LogP contribution in [0, 0.1) is 5.82 Å². The van der Waals surface area contributed by atoms with Gasteiger partial charge in [-0.1, -0.05) is 12.1 Å². The maximum absolute atomic E-state index is 13.0. The Balaban J connectivity index is 2.12. The van der Waals surface area contributed by atoms with E-state index < -0.39 is 11.8 Å². The van der Waals surface area contributed by atoms with Crippen molar-refractivity contribution in [3.8, 4) is 5.75 Å². The molecule has 0 aromatic heterocycles. The van der Waals surface area contributed by atoms with Gasteiger partial charge in [0.15, 0.2) is 0 Å². The molecular formula is C14H13FN2O2.